The van der Waals surface area contributed by atoms with Gasteiger partial charge in [-0.05, 0) is 88.5 Å². The molecule has 2 aliphatic rings. The molecule has 1 aromatic carbocycles. The van der Waals surface area contributed by atoms with E-state index in [1.54, 1.807) is 0 Å². The molecule has 1 saturated heterocycles. The summed E-state index contributed by atoms with van der Waals surface area (Å²) in [4.78, 5) is 12.9. The molecule has 1 amide bonds. The van der Waals surface area contributed by atoms with E-state index in [9.17, 15) is 10.1 Å². The molecular formula is C38H64N4OS. The third-order valence-corrected chi connectivity index (χ3v) is 7.75. The van der Waals surface area contributed by atoms with Crippen LogP contribution in [0, 0.1) is 17.2 Å². The maximum absolute atomic E-state index is 10.9. The second-order valence-corrected chi connectivity index (χ2v) is 12.2. The van der Waals surface area contributed by atoms with Gasteiger partial charge in [0.1, 0.15) is 6.07 Å². The topological polar surface area (TPSA) is 68.2 Å². The first-order chi connectivity index (χ1) is 21.2. The maximum Gasteiger partial charge on any atom is 0.222 e. The molecule has 1 fully saturated rings. The quantitative estimate of drug-likeness (QED) is 0.169. The van der Waals surface area contributed by atoms with Crippen molar-refractivity contribution in [2.75, 3.05) is 25.0 Å². The van der Waals surface area contributed by atoms with Crippen LogP contribution in [0.4, 0.5) is 5.69 Å². The highest BCUT2D eigenvalue weighted by atomic mass is 32.1. The smallest absolute Gasteiger partial charge is 0.222 e. The molecule has 0 bridgehead atoms. The van der Waals surface area contributed by atoms with E-state index in [1.165, 1.54) is 42.4 Å². The number of hydrogen-bond acceptors (Lipinski definition) is 5. The van der Waals surface area contributed by atoms with Gasteiger partial charge in [0.2, 0.25) is 5.91 Å². The molecule has 1 aliphatic carbocycles. The van der Waals surface area contributed by atoms with Crippen molar-refractivity contribution in [3.05, 3.63) is 64.8 Å². The Labute approximate surface area is 277 Å². The number of thiol groups is 1. The number of carbonyl (C=O) groups excluding carboxylic acids is 1. The number of rotatable bonds is 11. The minimum atomic E-state index is 0.236. The first-order valence-electron chi connectivity index (χ1n) is 17.3. The average molecular weight is 625 g/mol. The minimum Gasteiger partial charge on any atom is -0.382 e. The fourth-order valence-corrected chi connectivity index (χ4v) is 5.47. The molecule has 3 unspecified atom stereocenters. The van der Waals surface area contributed by atoms with E-state index < -0.39 is 0 Å². The largest absolute Gasteiger partial charge is 0.382 e. The van der Waals surface area contributed by atoms with E-state index in [1.807, 2.05) is 51.7 Å². The molecule has 2 N–H and O–H groups in total. The molecule has 1 aromatic rings. The summed E-state index contributed by atoms with van der Waals surface area (Å²) in [6.45, 7) is 23.6. The van der Waals surface area contributed by atoms with Crippen molar-refractivity contribution in [2.45, 2.75) is 132 Å². The summed E-state index contributed by atoms with van der Waals surface area (Å²) in [5, 5.41) is 17.0. The minimum absolute atomic E-state index is 0.236. The highest BCUT2D eigenvalue weighted by molar-refractivity contribution is 7.81. The molecule has 0 aromatic heterocycles. The molecule has 1 aliphatic heterocycles. The predicted octanol–water partition coefficient (Wildman–Crippen LogP) is 10.0. The van der Waals surface area contributed by atoms with Gasteiger partial charge in [0.25, 0.3) is 0 Å². The van der Waals surface area contributed by atoms with E-state index in [0.717, 1.165) is 38.2 Å². The Morgan fingerprint density at radius 3 is 2.30 bits per heavy atom. The number of nitrogens with zero attached hydrogens (tertiary/aromatic N) is 2. The molecule has 248 valence electrons. The summed E-state index contributed by atoms with van der Waals surface area (Å²) in [7, 11) is 0. The van der Waals surface area contributed by atoms with E-state index >= 15 is 0 Å². The summed E-state index contributed by atoms with van der Waals surface area (Å²) in [6.07, 6.45) is 16.4. The number of carbonyl (C=O) groups is 1. The highest BCUT2D eigenvalue weighted by Crippen LogP contribution is 2.31. The number of amides is 1. The number of nitrogens with one attached hydrogen (secondary N) is 2. The van der Waals surface area contributed by atoms with Gasteiger partial charge in [-0.25, -0.2) is 0 Å². The zero-order chi connectivity index (χ0) is 33.5. The number of hydrogen-bond donors (Lipinski definition) is 3. The first-order valence-corrected chi connectivity index (χ1v) is 17.8. The van der Waals surface area contributed by atoms with Crippen molar-refractivity contribution in [3.8, 4) is 6.07 Å². The second-order valence-electron chi connectivity index (χ2n) is 11.3. The van der Waals surface area contributed by atoms with Crippen LogP contribution in [0.25, 0.3) is 0 Å². The molecular weight excluding hydrogens is 561 g/mol. The van der Waals surface area contributed by atoms with Crippen LogP contribution in [0.1, 0.15) is 131 Å². The normalized spacial score (nSPS) is 17.6. The van der Waals surface area contributed by atoms with Crippen molar-refractivity contribution < 1.29 is 4.79 Å². The Hall–Kier alpha value is -2.49. The van der Waals surface area contributed by atoms with Gasteiger partial charge in [-0.2, -0.15) is 17.9 Å². The number of benzene rings is 1. The summed E-state index contributed by atoms with van der Waals surface area (Å²) in [5.41, 5.74) is 5.79. The summed E-state index contributed by atoms with van der Waals surface area (Å²) < 4.78 is 0. The van der Waals surface area contributed by atoms with Crippen LogP contribution in [0.2, 0.25) is 0 Å². The monoisotopic (exact) mass is 624 g/mol. The number of anilines is 1. The average Bonchev–Trinajstić information content (AvgIpc) is 3.58. The van der Waals surface area contributed by atoms with Crippen molar-refractivity contribution >= 4 is 24.2 Å². The lowest BCUT2D eigenvalue weighted by Crippen LogP contribution is -2.26. The molecule has 0 radical (unpaired) electrons. The number of allylic oxidation sites excluding steroid dienone is 4. The number of nitriles is 1. The lowest BCUT2D eigenvalue weighted by Gasteiger charge is -2.27. The predicted molar refractivity (Wildman–Crippen MR) is 197 cm³/mol. The van der Waals surface area contributed by atoms with Gasteiger partial charge in [0, 0.05) is 43.4 Å². The first kappa shape index (κ1) is 41.5. The maximum atomic E-state index is 10.9. The molecule has 44 heavy (non-hydrogen) atoms. The molecule has 6 heteroatoms. The van der Waals surface area contributed by atoms with E-state index in [2.05, 4.69) is 94.3 Å². The molecule has 0 spiro atoms. The van der Waals surface area contributed by atoms with E-state index in [4.69, 9.17) is 0 Å². The lowest BCUT2D eigenvalue weighted by atomic mass is 9.83. The molecule has 5 nitrogen and oxygen atoms in total. The summed E-state index contributed by atoms with van der Waals surface area (Å²) in [6, 6.07) is 9.12. The Kier molecular flexibility index (Phi) is 23.4. The van der Waals surface area contributed by atoms with Crippen LogP contribution in [0.15, 0.2) is 53.6 Å². The Balaban J connectivity index is 0.00000119. The molecule has 0 saturated carbocycles. The standard InChI is InChI=1S/C27H39N3S.C7H13NO.2C2H6/c1-6-26(22-14-15-27(30-19(2)3)24(16-22)17-28)29-18-23-12-9-10-20(4)25(23)13-8-7-11-21(5)31;1-2-7(9)8-5-3-4-6-8;2*1-2/h7-8,11,13-16,19-21,26,29-31H,6,9-10,12,18H2,1-5H3;2-6H2,1H3;2*1-2H3/b11-7+,13-8-;;;. The molecule has 1 heterocycles. The van der Waals surface area contributed by atoms with Crippen LogP contribution < -0.4 is 10.6 Å². The zero-order valence-corrected chi connectivity index (χ0v) is 30.6. The Morgan fingerprint density at radius 1 is 1.09 bits per heavy atom. The van der Waals surface area contributed by atoms with Crippen molar-refractivity contribution in [2.24, 2.45) is 5.92 Å². The van der Waals surface area contributed by atoms with Gasteiger partial charge in [0.05, 0.1) is 11.3 Å². The van der Waals surface area contributed by atoms with Gasteiger partial charge in [-0.3, -0.25) is 4.79 Å². The van der Waals surface area contributed by atoms with Crippen LogP contribution in [-0.4, -0.2) is 41.7 Å². The van der Waals surface area contributed by atoms with Crippen LogP contribution in [0.3, 0.4) is 0 Å². The van der Waals surface area contributed by atoms with E-state index in [-0.39, 0.29) is 11.3 Å². The highest BCUT2D eigenvalue weighted by Gasteiger charge is 2.19. The summed E-state index contributed by atoms with van der Waals surface area (Å²) >= 11 is 4.40. The molecule has 3 rings (SSSR count). The van der Waals surface area contributed by atoms with Crippen LogP contribution in [0.5, 0.6) is 0 Å². The van der Waals surface area contributed by atoms with Gasteiger partial charge >= 0.3 is 0 Å². The van der Waals surface area contributed by atoms with Gasteiger partial charge in [-0.15, -0.1) is 0 Å². The lowest BCUT2D eigenvalue weighted by molar-refractivity contribution is -0.129. The second kappa shape index (κ2) is 24.8. The number of likely N-dealkylation sites (tertiary alicyclic amines) is 1. The zero-order valence-electron chi connectivity index (χ0n) is 29.7. The Morgan fingerprint density at radius 2 is 1.75 bits per heavy atom. The third-order valence-electron chi connectivity index (χ3n) is 7.57. The van der Waals surface area contributed by atoms with Gasteiger partial charge in [-0.1, -0.05) is 84.4 Å². The fourth-order valence-electron chi connectivity index (χ4n) is 5.37. The van der Waals surface area contributed by atoms with Crippen molar-refractivity contribution in [3.63, 3.8) is 0 Å². The Bertz CT molecular complexity index is 1060. The van der Waals surface area contributed by atoms with Crippen LogP contribution in [-0.2, 0) is 4.79 Å². The fraction of sp³-hybridized carbons (Fsp3) is 0.632. The summed E-state index contributed by atoms with van der Waals surface area (Å²) in [5.74, 6) is 0.905. The van der Waals surface area contributed by atoms with Gasteiger partial charge < -0.3 is 15.5 Å². The van der Waals surface area contributed by atoms with Crippen molar-refractivity contribution in [1.82, 2.24) is 10.2 Å². The van der Waals surface area contributed by atoms with Gasteiger partial charge in [0.15, 0.2) is 0 Å². The third kappa shape index (κ3) is 15.5. The van der Waals surface area contributed by atoms with Crippen molar-refractivity contribution in [1.29, 1.82) is 5.26 Å². The van der Waals surface area contributed by atoms with Crippen LogP contribution >= 0.6 is 12.6 Å². The SMILES string of the molecule is CC.CC.CCC(=O)N1CCCC1.CCC(NCC1=C(/C=C\C=C\C(C)S)C(C)CCC1)c1ccc(NC(C)C)c(C#N)c1. The van der Waals surface area contributed by atoms with E-state index in [0.29, 0.717) is 29.9 Å². The molecule has 3 atom stereocenters.